The van der Waals surface area contributed by atoms with Crippen LogP contribution in [-0.2, 0) is 0 Å². The summed E-state index contributed by atoms with van der Waals surface area (Å²) >= 11 is 0. The van der Waals surface area contributed by atoms with E-state index in [0.29, 0.717) is 5.92 Å². The fourth-order valence-electron chi connectivity index (χ4n) is 3.07. The molecule has 0 aliphatic heterocycles. The van der Waals surface area contributed by atoms with Crippen molar-refractivity contribution in [2.45, 2.75) is 44.6 Å². The maximum atomic E-state index is 9.25. The maximum absolute atomic E-state index is 9.25. The van der Waals surface area contributed by atoms with Crippen molar-refractivity contribution in [3.8, 4) is 6.07 Å². The minimum absolute atomic E-state index is 0.140. The average molecular weight is 178 g/mol. The fraction of sp³-hybridized carbons (Fsp3) is 0.909. The molecule has 2 rings (SSSR count). The molecule has 1 N–H and O–H groups in total. The molecule has 3 unspecified atom stereocenters. The Kier molecular flexibility index (Phi) is 2.29. The van der Waals surface area contributed by atoms with Gasteiger partial charge in [-0.05, 0) is 50.5 Å². The first-order chi connectivity index (χ1) is 6.30. The lowest BCUT2D eigenvalue weighted by Gasteiger charge is -2.32. The normalized spacial score (nSPS) is 42.2. The number of fused-ring (bicyclic) bond motifs is 2. The maximum Gasteiger partial charge on any atom is 0.109 e. The van der Waals surface area contributed by atoms with Gasteiger partial charge in [-0.25, -0.2) is 0 Å². The largest absolute Gasteiger partial charge is 0.299 e. The van der Waals surface area contributed by atoms with Crippen LogP contribution in [0.2, 0.25) is 0 Å². The van der Waals surface area contributed by atoms with E-state index >= 15 is 0 Å². The first-order valence-electron chi connectivity index (χ1n) is 5.47. The Morgan fingerprint density at radius 3 is 2.85 bits per heavy atom. The molecule has 0 saturated heterocycles. The van der Waals surface area contributed by atoms with Crippen molar-refractivity contribution in [1.29, 1.82) is 5.26 Å². The molecule has 2 heteroatoms. The highest BCUT2D eigenvalue weighted by Gasteiger charge is 2.50. The molecule has 2 nitrogen and oxygen atoms in total. The van der Waals surface area contributed by atoms with Gasteiger partial charge in [0.2, 0.25) is 0 Å². The SMILES string of the molecule is CCCNC1(C#N)CC2CCC1C2. The van der Waals surface area contributed by atoms with E-state index in [1.54, 1.807) is 0 Å². The summed E-state index contributed by atoms with van der Waals surface area (Å²) in [4.78, 5) is 0. The van der Waals surface area contributed by atoms with Crippen molar-refractivity contribution in [3.63, 3.8) is 0 Å². The van der Waals surface area contributed by atoms with Gasteiger partial charge in [-0.1, -0.05) is 6.92 Å². The van der Waals surface area contributed by atoms with Crippen LogP contribution in [-0.4, -0.2) is 12.1 Å². The van der Waals surface area contributed by atoms with E-state index < -0.39 is 0 Å². The van der Waals surface area contributed by atoms with Gasteiger partial charge in [0.25, 0.3) is 0 Å². The molecule has 2 fully saturated rings. The van der Waals surface area contributed by atoms with Crippen molar-refractivity contribution in [2.24, 2.45) is 11.8 Å². The third kappa shape index (κ3) is 1.36. The van der Waals surface area contributed by atoms with Gasteiger partial charge in [0.05, 0.1) is 6.07 Å². The van der Waals surface area contributed by atoms with Gasteiger partial charge in [-0.15, -0.1) is 0 Å². The van der Waals surface area contributed by atoms with Gasteiger partial charge < -0.3 is 0 Å². The van der Waals surface area contributed by atoms with Crippen LogP contribution < -0.4 is 5.32 Å². The van der Waals surface area contributed by atoms with Crippen molar-refractivity contribution >= 4 is 0 Å². The molecule has 2 saturated carbocycles. The van der Waals surface area contributed by atoms with Gasteiger partial charge in [0.1, 0.15) is 5.54 Å². The Bertz CT molecular complexity index is 231. The number of nitrogens with zero attached hydrogens (tertiary/aromatic N) is 1. The van der Waals surface area contributed by atoms with E-state index in [9.17, 15) is 5.26 Å². The van der Waals surface area contributed by atoms with E-state index in [1.165, 1.54) is 19.3 Å². The molecular formula is C11H18N2. The van der Waals surface area contributed by atoms with Crippen LogP contribution in [0.5, 0.6) is 0 Å². The van der Waals surface area contributed by atoms with Gasteiger partial charge in [-0.3, -0.25) is 5.32 Å². The van der Waals surface area contributed by atoms with Gasteiger partial charge in [-0.2, -0.15) is 5.26 Å². The second-order valence-corrected chi connectivity index (χ2v) is 4.59. The van der Waals surface area contributed by atoms with Crippen LogP contribution in [0.25, 0.3) is 0 Å². The molecule has 2 aliphatic carbocycles. The van der Waals surface area contributed by atoms with Gasteiger partial charge >= 0.3 is 0 Å². The Hall–Kier alpha value is -0.550. The first kappa shape index (κ1) is 9.02. The minimum atomic E-state index is -0.140. The van der Waals surface area contributed by atoms with E-state index in [1.807, 2.05) is 0 Å². The highest BCUT2D eigenvalue weighted by Crippen LogP contribution is 2.50. The van der Waals surface area contributed by atoms with E-state index in [-0.39, 0.29) is 5.54 Å². The monoisotopic (exact) mass is 178 g/mol. The molecule has 0 aromatic heterocycles. The lowest BCUT2D eigenvalue weighted by Crippen LogP contribution is -2.48. The van der Waals surface area contributed by atoms with Gasteiger partial charge in [0.15, 0.2) is 0 Å². The Balaban J connectivity index is 2.05. The van der Waals surface area contributed by atoms with Crippen LogP contribution >= 0.6 is 0 Å². The Morgan fingerprint density at radius 1 is 1.54 bits per heavy atom. The highest BCUT2D eigenvalue weighted by molar-refractivity contribution is 5.18. The number of nitrogens with one attached hydrogen (secondary N) is 1. The average Bonchev–Trinajstić information content (AvgIpc) is 2.74. The van der Waals surface area contributed by atoms with Gasteiger partial charge in [0, 0.05) is 0 Å². The lowest BCUT2D eigenvalue weighted by atomic mass is 9.82. The zero-order chi connectivity index (χ0) is 9.31. The third-order valence-corrected chi connectivity index (χ3v) is 3.74. The van der Waals surface area contributed by atoms with E-state index in [2.05, 4.69) is 18.3 Å². The standard InChI is InChI=1S/C11H18N2/c1-2-5-13-11(8-12)7-9-3-4-10(11)6-9/h9-10,13H,2-7H2,1H3. The summed E-state index contributed by atoms with van der Waals surface area (Å²) in [5.41, 5.74) is -0.140. The predicted octanol–water partition coefficient (Wildman–Crippen LogP) is 2.07. The number of hydrogen-bond donors (Lipinski definition) is 1. The van der Waals surface area contributed by atoms with Crippen LogP contribution in [0.4, 0.5) is 0 Å². The summed E-state index contributed by atoms with van der Waals surface area (Å²) in [7, 11) is 0. The quantitative estimate of drug-likeness (QED) is 0.718. The zero-order valence-electron chi connectivity index (χ0n) is 8.34. The molecule has 13 heavy (non-hydrogen) atoms. The van der Waals surface area contributed by atoms with Crippen molar-refractivity contribution < 1.29 is 0 Å². The van der Waals surface area contributed by atoms with Crippen molar-refractivity contribution in [2.75, 3.05) is 6.54 Å². The summed E-state index contributed by atoms with van der Waals surface area (Å²) in [6.07, 6.45) is 6.16. The second-order valence-electron chi connectivity index (χ2n) is 4.59. The summed E-state index contributed by atoms with van der Waals surface area (Å²) in [5, 5.41) is 12.7. The Morgan fingerprint density at radius 2 is 2.38 bits per heavy atom. The smallest absolute Gasteiger partial charge is 0.109 e. The number of hydrogen-bond acceptors (Lipinski definition) is 2. The van der Waals surface area contributed by atoms with Crippen LogP contribution in [0.15, 0.2) is 0 Å². The summed E-state index contributed by atoms with van der Waals surface area (Å²) < 4.78 is 0. The Labute approximate surface area is 80.3 Å². The summed E-state index contributed by atoms with van der Waals surface area (Å²) in [6, 6.07) is 2.53. The fourth-order valence-corrected chi connectivity index (χ4v) is 3.07. The summed E-state index contributed by atoms with van der Waals surface area (Å²) in [5.74, 6) is 1.49. The van der Waals surface area contributed by atoms with Crippen molar-refractivity contribution in [1.82, 2.24) is 5.32 Å². The second kappa shape index (κ2) is 3.31. The molecular weight excluding hydrogens is 160 g/mol. The van der Waals surface area contributed by atoms with E-state index in [4.69, 9.17) is 0 Å². The molecule has 2 aliphatic rings. The van der Waals surface area contributed by atoms with E-state index in [0.717, 1.165) is 25.3 Å². The molecule has 3 atom stereocenters. The molecule has 0 radical (unpaired) electrons. The molecule has 0 amide bonds. The van der Waals surface area contributed by atoms with Crippen LogP contribution in [0, 0.1) is 23.2 Å². The molecule has 72 valence electrons. The minimum Gasteiger partial charge on any atom is -0.299 e. The lowest BCUT2D eigenvalue weighted by molar-refractivity contribution is 0.276. The number of nitriles is 1. The zero-order valence-corrected chi connectivity index (χ0v) is 8.34. The molecule has 0 aromatic rings. The number of rotatable bonds is 3. The van der Waals surface area contributed by atoms with Crippen molar-refractivity contribution in [3.05, 3.63) is 0 Å². The third-order valence-electron chi connectivity index (χ3n) is 3.74. The predicted molar refractivity (Wildman–Crippen MR) is 52.1 cm³/mol. The molecule has 0 aromatic carbocycles. The first-order valence-corrected chi connectivity index (χ1v) is 5.47. The molecule has 0 heterocycles. The topological polar surface area (TPSA) is 35.8 Å². The molecule has 0 spiro atoms. The summed E-state index contributed by atoms with van der Waals surface area (Å²) in [6.45, 7) is 3.15. The van der Waals surface area contributed by atoms with Crippen LogP contribution in [0.3, 0.4) is 0 Å². The molecule has 2 bridgehead atoms. The van der Waals surface area contributed by atoms with Crippen LogP contribution in [0.1, 0.15) is 39.0 Å². The highest BCUT2D eigenvalue weighted by atomic mass is 15.0.